The van der Waals surface area contributed by atoms with Crippen molar-refractivity contribution in [3.63, 3.8) is 0 Å². The van der Waals surface area contributed by atoms with E-state index in [1.807, 2.05) is 18.2 Å². The van der Waals surface area contributed by atoms with E-state index >= 15 is 0 Å². The van der Waals surface area contributed by atoms with E-state index in [0.717, 1.165) is 31.5 Å². The van der Waals surface area contributed by atoms with Gasteiger partial charge >= 0.3 is 0 Å². The molecule has 1 aliphatic heterocycles. The molecule has 1 heterocycles. The molecule has 1 aliphatic carbocycles. The van der Waals surface area contributed by atoms with E-state index < -0.39 is 10.0 Å². The van der Waals surface area contributed by atoms with Crippen molar-refractivity contribution in [2.45, 2.75) is 42.7 Å². The summed E-state index contributed by atoms with van der Waals surface area (Å²) in [5.74, 6) is -0.160. The number of amides is 1. The van der Waals surface area contributed by atoms with Crippen molar-refractivity contribution >= 4 is 22.0 Å². The third kappa shape index (κ3) is 6.03. The van der Waals surface area contributed by atoms with Crippen molar-refractivity contribution in [1.82, 2.24) is 14.9 Å². The van der Waals surface area contributed by atoms with Crippen molar-refractivity contribution in [1.29, 1.82) is 0 Å². The SMILES string of the molecule is O=C(/C=C/c1ccc(S(=O)(=O)NC2CC2)cc1)NCC(c1ccccc1)N1CCCC1. The summed E-state index contributed by atoms with van der Waals surface area (Å²) in [5, 5.41) is 3.02. The fraction of sp³-hybridized carbons (Fsp3) is 0.375. The summed E-state index contributed by atoms with van der Waals surface area (Å²) in [6.07, 6.45) is 7.39. The second-order valence-corrected chi connectivity index (χ2v) is 9.93. The molecule has 6 nitrogen and oxygen atoms in total. The molecule has 1 unspecified atom stereocenters. The van der Waals surface area contributed by atoms with Crippen LogP contribution < -0.4 is 10.0 Å². The zero-order chi connectivity index (χ0) is 21.7. The maximum absolute atomic E-state index is 12.4. The molecule has 4 rings (SSSR count). The Morgan fingerprint density at radius 3 is 2.35 bits per heavy atom. The third-order valence-corrected chi connectivity index (χ3v) is 7.29. The highest BCUT2D eigenvalue weighted by molar-refractivity contribution is 7.89. The number of hydrogen-bond acceptors (Lipinski definition) is 4. The standard InChI is InChI=1S/C24H29N3O3S/c28-24(25-18-23(27-16-4-5-17-27)20-6-2-1-3-7-20)15-10-19-8-13-22(14-9-19)31(29,30)26-21-11-12-21/h1-3,6-10,13-15,21,23,26H,4-5,11-12,16-18H2,(H,25,28)/b15-10+. The molecule has 0 bridgehead atoms. The molecule has 0 aromatic heterocycles. The number of benzene rings is 2. The Bertz CT molecular complexity index is 1010. The molecule has 1 saturated carbocycles. The van der Waals surface area contributed by atoms with E-state index in [9.17, 15) is 13.2 Å². The van der Waals surface area contributed by atoms with E-state index in [0.29, 0.717) is 6.54 Å². The Hall–Kier alpha value is -2.48. The van der Waals surface area contributed by atoms with E-state index in [1.54, 1.807) is 30.3 Å². The van der Waals surface area contributed by atoms with Crippen molar-refractivity contribution in [3.8, 4) is 0 Å². The summed E-state index contributed by atoms with van der Waals surface area (Å²) < 4.78 is 27.1. The molecular formula is C24H29N3O3S. The van der Waals surface area contributed by atoms with E-state index in [2.05, 4.69) is 27.1 Å². The number of likely N-dealkylation sites (tertiary alicyclic amines) is 1. The van der Waals surface area contributed by atoms with Crippen LogP contribution in [0.2, 0.25) is 0 Å². The van der Waals surface area contributed by atoms with Gasteiger partial charge in [0, 0.05) is 18.7 Å². The molecule has 2 N–H and O–H groups in total. The molecule has 1 atom stereocenters. The highest BCUT2D eigenvalue weighted by Crippen LogP contribution is 2.24. The first-order valence-electron chi connectivity index (χ1n) is 10.9. The molecule has 7 heteroatoms. The molecule has 2 fully saturated rings. The summed E-state index contributed by atoms with van der Waals surface area (Å²) in [6, 6.07) is 17.1. The lowest BCUT2D eigenvalue weighted by Gasteiger charge is -2.28. The first-order chi connectivity index (χ1) is 15.0. The van der Waals surface area contributed by atoms with Gasteiger partial charge < -0.3 is 5.32 Å². The predicted molar refractivity (Wildman–Crippen MR) is 122 cm³/mol. The number of sulfonamides is 1. The van der Waals surface area contributed by atoms with Crippen molar-refractivity contribution in [2.75, 3.05) is 19.6 Å². The second kappa shape index (κ2) is 9.77. The molecule has 164 valence electrons. The minimum Gasteiger partial charge on any atom is -0.351 e. The number of nitrogens with one attached hydrogen (secondary N) is 2. The van der Waals surface area contributed by atoms with Crippen LogP contribution in [0.5, 0.6) is 0 Å². The van der Waals surface area contributed by atoms with E-state index in [1.165, 1.54) is 24.5 Å². The molecule has 2 aromatic carbocycles. The molecule has 1 amide bonds. The van der Waals surface area contributed by atoms with Gasteiger partial charge in [0.25, 0.3) is 0 Å². The Morgan fingerprint density at radius 1 is 1.03 bits per heavy atom. The number of carbonyl (C=O) groups is 1. The smallest absolute Gasteiger partial charge is 0.244 e. The number of rotatable bonds is 9. The molecular weight excluding hydrogens is 410 g/mol. The molecule has 31 heavy (non-hydrogen) atoms. The van der Waals surface area contributed by atoms with Gasteiger partial charge in [-0.05, 0) is 68.1 Å². The fourth-order valence-electron chi connectivity index (χ4n) is 3.86. The van der Waals surface area contributed by atoms with Gasteiger partial charge in [-0.2, -0.15) is 0 Å². The van der Waals surface area contributed by atoms with Crippen molar-refractivity contribution in [3.05, 3.63) is 71.8 Å². The minimum absolute atomic E-state index is 0.0774. The monoisotopic (exact) mass is 439 g/mol. The zero-order valence-electron chi connectivity index (χ0n) is 17.5. The molecule has 2 aliphatic rings. The van der Waals surface area contributed by atoms with Crippen LogP contribution in [-0.4, -0.2) is 44.9 Å². The summed E-state index contributed by atoms with van der Waals surface area (Å²) in [5.41, 5.74) is 1.99. The Kier molecular flexibility index (Phi) is 6.85. The number of carbonyl (C=O) groups excluding carboxylic acids is 1. The van der Waals surface area contributed by atoms with Crippen LogP contribution >= 0.6 is 0 Å². The van der Waals surface area contributed by atoms with Gasteiger partial charge in [0.15, 0.2) is 0 Å². The number of nitrogens with zero attached hydrogens (tertiary/aromatic N) is 1. The molecule has 2 aromatic rings. The van der Waals surface area contributed by atoms with Gasteiger partial charge in [0.05, 0.1) is 10.9 Å². The zero-order valence-corrected chi connectivity index (χ0v) is 18.4. The molecule has 0 spiro atoms. The summed E-state index contributed by atoms with van der Waals surface area (Å²) >= 11 is 0. The lowest BCUT2D eigenvalue weighted by molar-refractivity contribution is -0.116. The molecule has 0 radical (unpaired) electrons. The number of hydrogen-bond donors (Lipinski definition) is 2. The Labute approximate surface area is 184 Å². The highest BCUT2D eigenvalue weighted by Gasteiger charge is 2.27. The van der Waals surface area contributed by atoms with E-state index in [4.69, 9.17) is 0 Å². The van der Waals surface area contributed by atoms with Gasteiger partial charge in [0.2, 0.25) is 15.9 Å². The van der Waals surface area contributed by atoms with Gasteiger partial charge in [-0.25, -0.2) is 13.1 Å². The van der Waals surface area contributed by atoms with Crippen molar-refractivity contribution in [2.24, 2.45) is 0 Å². The first kappa shape index (κ1) is 21.7. The van der Waals surface area contributed by atoms with Crippen LogP contribution in [-0.2, 0) is 14.8 Å². The van der Waals surface area contributed by atoms with Crippen LogP contribution in [0.25, 0.3) is 6.08 Å². The van der Waals surface area contributed by atoms with Crippen LogP contribution in [0.15, 0.2) is 65.6 Å². The average Bonchev–Trinajstić information content (AvgIpc) is 3.41. The van der Waals surface area contributed by atoms with Gasteiger partial charge in [-0.1, -0.05) is 42.5 Å². The highest BCUT2D eigenvalue weighted by atomic mass is 32.2. The third-order valence-electron chi connectivity index (χ3n) is 5.75. The maximum Gasteiger partial charge on any atom is 0.244 e. The molecule has 1 saturated heterocycles. The normalized spacial score (nSPS) is 18.3. The van der Waals surface area contributed by atoms with Crippen molar-refractivity contribution < 1.29 is 13.2 Å². The minimum atomic E-state index is -3.46. The van der Waals surface area contributed by atoms with Crippen LogP contribution in [0.4, 0.5) is 0 Å². The lowest BCUT2D eigenvalue weighted by Crippen LogP contribution is -2.36. The van der Waals surface area contributed by atoms with Gasteiger partial charge in [-0.15, -0.1) is 0 Å². The topological polar surface area (TPSA) is 78.5 Å². The lowest BCUT2D eigenvalue weighted by atomic mass is 10.1. The van der Waals surface area contributed by atoms with Gasteiger partial charge in [0.1, 0.15) is 0 Å². The average molecular weight is 440 g/mol. The van der Waals surface area contributed by atoms with Crippen LogP contribution in [0.3, 0.4) is 0 Å². The van der Waals surface area contributed by atoms with Gasteiger partial charge in [-0.3, -0.25) is 9.69 Å². The Morgan fingerprint density at radius 2 is 1.71 bits per heavy atom. The largest absolute Gasteiger partial charge is 0.351 e. The quantitative estimate of drug-likeness (QED) is 0.589. The summed E-state index contributed by atoms with van der Waals surface area (Å²) in [4.78, 5) is 15.1. The fourth-order valence-corrected chi connectivity index (χ4v) is 5.17. The van der Waals surface area contributed by atoms with Crippen LogP contribution in [0.1, 0.15) is 42.9 Å². The summed E-state index contributed by atoms with van der Waals surface area (Å²) in [6.45, 7) is 2.66. The van der Waals surface area contributed by atoms with E-state index in [-0.39, 0.29) is 22.9 Å². The summed E-state index contributed by atoms with van der Waals surface area (Å²) in [7, 11) is -3.46. The maximum atomic E-state index is 12.4. The second-order valence-electron chi connectivity index (χ2n) is 8.21. The predicted octanol–water partition coefficient (Wildman–Crippen LogP) is 3.09. The Balaban J connectivity index is 1.34. The first-order valence-corrected chi connectivity index (χ1v) is 12.4. The van der Waals surface area contributed by atoms with Crippen LogP contribution in [0, 0.1) is 0 Å².